The van der Waals surface area contributed by atoms with Gasteiger partial charge in [0.2, 0.25) is 0 Å². The number of esters is 1. The normalized spacial score (nSPS) is 44.6. The van der Waals surface area contributed by atoms with Crippen LogP contribution in [0.1, 0.15) is 74.7 Å². The molecule has 0 spiro atoms. The van der Waals surface area contributed by atoms with Crippen molar-refractivity contribution in [3.05, 3.63) is 0 Å². The third-order valence-electron chi connectivity index (χ3n) is 10.8. The molecule has 0 aromatic heterocycles. The quantitative estimate of drug-likeness (QED) is 0.319. The van der Waals surface area contributed by atoms with Gasteiger partial charge in [0.1, 0.15) is 23.4 Å². The fourth-order valence-corrected chi connectivity index (χ4v) is 7.78. The Hall–Kier alpha value is -1.51. The lowest BCUT2D eigenvalue weighted by Gasteiger charge is -2.51. The van der Waals surface area contributed by atoms with Crippen molar-refractivity contribution in [3.63, 3.8) is 0 Å². The highest BCUT2D eigenvalue weighted by Crippen LogP contribution is 2.39. The van der Waals surface area contributed by atoms with Gasteiger partial charge in [-0.2, -0.15) is 0 Å². The average Bonchev–Trinajstić information content (AvgIpc) is 3.02. The van der Waals surface area contributed by atoms with Crippen LogP contribution in [0.5, 0.6) is 0 Å². The topological polar surface area (TPSA) is 144 Å². The van der Waals surface area contributed by atoms with Gasteiger partial charge in [-0.1, -0.05) is 27.7 Å². The van der Waals surface area contributed by atoms with Gasteiger partial charge in [0.25, 0.3) is 0 Å². The molecule has 0 aromatic carbocycles. The zero-order valence-electron chi connectivity index (χ0n) is 29.9. The number of hydrogen-bond donors (Lipinski definition) is 2. The van der Waals surface area contributed by atoms with Crippen molar-refractivity contribution in [2.75, 3.05) is 47.5 Å². The molecule has 0 radical (unpaired) electrons. The predicted molar refractivity (Wildman–Crippen MR) is 171 cm³/mol. The molecule has 12 nitrogen and oxygen atoms in total. The molecular formula is C34H60N2O10. The van der Waals surface area contributed by atoms with E-state index in [-0.39, 0.29) is 36.8 Å². The molecule has 13 atom stereocenters. The van der Waals surface area contributed by atoms with Gasteiger partial charge >= 0.3 is 5.97 Å². The van der Waals surface area contributed by atoms with Crippen molar-refractivity contribution >= 4 is 17.5 Å². The summed E-state index contributed by atoms with van der Waals surface area (Å²) < 4.78 is 30.8. The Morgan fingerprint density at radius 3 is 2.15 bits per heavy atom. The molecule has 3 aliphatic rings. The molecule has 0 saturated carbocycles. The van der Waals surface area contributed by atoms with E-state index in [1.807, 2.05) is 21.0 Å². The van der Waals surface area contributed by atoms with Gasteiger partial charge in [-0.15, -0.1) is 0 Å². The Morgan fingerprint density at radius 1 is 1.00 bits per heavy atom. The zero-order chi connectivity index (χ0) is 34.7. The zero-order valence-corrected chi connectivity index (χ0v) is 29.9. The molecule has 2 N–H and O–H groups in total. The lowest BCUT2D eigenvalue weighted by Crippen LogP contribution is -2.64. The maximum absolute atomic E-state index is 14.1. The molecule has 0 aliphatic carbocycles. The van der Waals surface area contributed by atoms with Gasteiger partial charge in [0, 0.05) is 44.0 Å². The molecule has 3 rings (SSSR count). The number of carbonyl (C=O) groups excluding carboxylic acids is 3. The summed E-state index contributed by atoms with van der Waals surface area (Å²) in [5, 5.41) is 22.6. The van der Waals surface area contributed by atoms with Crippen LogP contribution in [0.4, 0.5) is 0 Å². The molecular weight excluding hydrogens is 596 g/mol. The fraction of sp³-hybridized carbons (Fsp3) is 0.912. The van der Waals surface area contributed by atoms with Crippen molar-refractivity contribution in [1.29, 1.82) is 0 Å². The molecule has 0 bridgehead atoms. The third kappa shape index (κ3) is 8.19. The summed E-state index contributed by atoms with van der Waals surface area (Å²) in [7, 11) is 5.48. The molecule has 3 saturated heterocycles. The number of likely N-dealkylation sites (N-methyl/N-ethyl adjacent to an activating group) is 1. The van der Waals surface area contributed by atoms with Crippen LogP contribution in [0.3, 0.4) is 0 Å². The first-order chi connectivity index (χ1) is 21.4. The summed E-state index contributed by atoms with van der Waals surface area (Å²) in [5.74, 6) is -5.22. The molecule has 0 aromatic rings. The summed E-state index contributed by atoms with van der Waals surface area (Å²) in [6.45, 7) is 16.3. The summed E-state index contributed by atoms with van der Waals surface area (Å²) in [6.07, 6.45) is -3.36. The van der Waals surface area contributed by atoms with Crippen molar-refractivity contribution in [2.45, 2.75) is 129 Å². The van der Waals surface area contributed by atoms with E-state index in [2.05, 4.69) is 9.80 Å². The van der Waals surface area contributed by atoms with E-state index in [4.69, 9.17) is 23.7 Å². The van der Waals surface area contributed by atoms with Crippen LogP contribution in [0.2, 0.25) is 0 Å². The number of hydrogen-bond acceptors (Lipinski definition) is 12. The summed E-state index contributed by atoms with van der Waals surface area (Å²) in [5.41, 5.74) is -3.12. The van der Waals surface area contributed by atoms with Crippen molar-refractivity contribution < 1.29 is 48.3 Å². The van der Waals surface area contributed by atoms with Gasteiger partial charge in [0.15, 0.2) is 12.1 Å². The molecule has 12 heteroatoms. The fourth-order valence-electron chi connectivity index (χ4n) is 7.78. The number of methoxy groups -OCH3 is 1. The SMILES string of the molecule is CC[C@H]1OC(=O)[C@H](C)C(=O)[C@H](C)[C@@H](O[C@@H]2O[C@H](C)C[C@@H](N3CCOCC3)[C@@H]2N(C)C)[C@@](C)(OC)C[C@@H](C)C(=O)[C@H](C)[C@@H](O)[C@]1(C)O. The number of ketones is 2. The van der Waals surface area contributed by atoms with Crippen molar-refractivity contribution in [3.8, 4) is 0 Å². The molecule has 0 unspecified atom stereocenters. The number of Topliss-reactive ketones (excluding diaryl/α,β-unsaturated/α-hetero) is 2. The molecule has 3 aliphatic heterocycles. The second-order valence-electron chi connectivity index (χ2n) is 14.5. The lowest BCUT2D eigenvalue weighted by atomic mass is 9.74. The number of aliphatic hydroxyl groups excluding tert-OH is 1. The van der Waals surface area contributed by atoms with Gasteiger partial charge in [-0.3, -0.25) is 19.3 Å². The number of morpholine rings is 1. The maximum Gasteiger partial charge on any atom is 0.316 e. The van der Waals surface area contributed by atoms with Crippen LogP contribution in [0.25, 0.3) is 0 Å². The monoisotopic (exact) mass is 656 g/mol. The first kappa shape index (κ1) is 38.9. The lowest BCUT2D eigenvalue weighted by molar-refractivity contribution is -0.284. The number of cyclic esters (lactones) is 1. The number of carbonyl (C=O) groups is 3. The van der Waals surface area contributed by atoms with Crippen LogP contribution in [-0.2, 0) is 38.1 Å². The van der Waals surface area contributed by atoms with E-state index >= 15 is 0 Å². The van der Waals surface area contributed by atoms with Gasteiger partial charge in [-0.05, 0) is 61.1 Å². The van der Waals surface area contributed by atoms with Gasteiger partial charge in [-0.25, -0.2) is 0 Å². The maximum atomic E-state index is 14.1. The van der Waals surface area contributed by atoms with Crippen LogP contribution < -0.4 is 0 Å². The molecule has 46 heavy (non-hydrogen) atoms. The van der Waals surface area contributed by atoms with E-state index in [0.29, 0.717) is 13.2 Å². The number of nitrogens with zero attached hydrogens (tertiary/aromatic N) is 2. The molecule has 3 heterocycles. The largest absolute Gasteiger partial charge is 0.459 e. The van der Waals surface area contributed by atoms with Crippen molar-refractivity contribution in [1.82, 2.24) is 9.80 Å². The van der Waals surface area contributed by atoms with E-state index in [9.17, 15) is 24.6 Å². The van der Waals surface area contributed by atoms with Gasteiger partial charge in [0.05, 0.1) is 43.2 Å². The average molecular weight is 657 g/mol. The minimum Gasteiger partial charge on any atom is -0.459 e. The predicted octanol–water partition coefficient (Wildman–Crippen LogP) is 2.06. The highest BCUT2D eigenvalue weighted by molar-refractivity contribution is 6.00. The standard InChI is InChI=1S/C34H60N2O10/c1-12-25-34(8,41)29(39)21(4)27(37)19(2)18-33(7,42-11)30(22(5)28(38)23(6)31(40)45-25)46-32-26(35(9)10)24(17-20(3)44-32)36-13-15-43-16-14-36/h19-26,29-30,32,39,41H,12-18H2,1-11H3/t19-,20-,21+,22+,23-,24-,25-,26+,29-,30-,32+,33+,34-/m1/s1. The van der Waals surface area contributed by atoms with Crippen LogP contribution >= 0.6 is 0 Å². The van der Waals surface area contributed by atoms with E-state index in [1.165, 1.54) is 21.0 Å². The van der Waals surface area contributed by atoms with Crippen LogP contribution in [0.15, 0.2) is 0 Å². The van der Waals surface area contributed by atoms with E-state index in [1.54, 1.807) is 34.6 Å². The van der Waals surface area contributed by atoms with E-state index in [0.717, 1.165) is 19.5 Å². The smallest absolute Gasteiger partial charge is 0.316 e. The minimum absolute atomic E-state index is 0.0986. The first-order valence-electron chi connectivity index (χ1n) is 16.9. The summed E-state index contributed by atoms with van der Waals surface area (Å²) in [6, 6.07) is -0.101. The number of ether oxygens (including phenoxy) is 5. The highest BCUT2D eigenvalue weighted by atomic mass is 16.7. The second-order valence-corrected chi connectivity index (χ2v) is 14.5. The Morgan fingerprint density at radius 2 is 1.61 bits per heavy atom. The molecule has 0 amide bonds. The highest BCUT2D eigenvalue weighted by Gasteiger charge is 2.52. The second kappa shape index (κ2) is 15.8. The number of aliphatic hydroxyl groups is 2. The third-order valence-corrected chi connectivity index (χ3v) is 10.8. The Labute approximate surface area is 275 Å². The Kier molecular flexibility index (Phi) is 13.4. The van der Waals surface area contributed by atoms with Crippen molar-refractivity contribution in [2.24, 2.45) is 23.7 Å². The summed E-state index contributed by atoms with van der Waals surface area (Å²) >= 11 is 0. The van der Waals surface area contributed by atoms with Gasteiger partial charge < -0.3 is 38.8 Å². The van der Waals surface area contributed by atoms with Crippen LogP contribution in [0, 0.1) is 23.7 Å². The summed E-state index contributed by atoms with van der Waals surface area (Å²) in [4.78, 5) is 45.8. The van der Waals surface area contributed by atoms with Crippen LogP contribution in [-0.4, -0.2) is 139 Å². The Bertz CT molecular complexity index is 1050. The minimum atomic E-state index is -1.93. The molecule has 3 fully saturated rings. The Balaban J connectivity index is 2.09. The van der Waals surface area contributed by atoms with E-state index < -0.39 is 71.2 Å². The molecule has 266 valence electrons. The first-order valence-corrected chi connectivity index (χ1v) is 16.9. The number of rotatable bonds is 6.